The molecule has 0 saturated carbocycles. The van der Waals surface area contributed by atoms with Crippen LogP contribution in [-0.4, -0.2) is 53.1 Å². The Balaban J connectivity index is 1.48. The highest BCUT2D eigenvalue weighted by atomic mass is 16.5. The zero-order chi connectivity index (χ0) is 17.6. The van der Waals surface area contributed by atoms with Gasteiger partial charge in [-0.15, -0.1) is 0 Å². The van der Waals surface area contributed by atoms with Crippen molar-refractivity contribution in [3.63, 3.8) is 0 Å². The number of hydrogen-bond donors (Lipinski definition) is 1. The fourth-order valence-electron chi connectivity index (χ4n) is 3.24. The maximum absolute atomic E-state index is 10.3. The fourth-order valence-corrected chi connectivity index (χ4v) is 3.24. The minimum absolute atomic E-state index is 0.112. The van der Waals surface area contributed by atoms with Crippen molar-refractivity contribution in [1.82, 2.24) is 15.0 Å². The molecule has 0 aliphatic carbocycles. The summed E-state index contributed by atoms with van der Waals surface area (Å²) in [5.41, 5.74) is 0.971. The van der Waals surface area contributed by atoms with Gasteiger partial charge in [0.05, 0.1) is 32.5 Å². The highest BCUT2D eigenvalue weighted by molar-refractivity contribution is 5.32. The molecular formula is C18H25N3O4. The number of aromatic nitrogens is 2. The predicted octanol–water partition coefficient (Wildman–Crippen LogP) is 2.10. The lowest BCUT2D eigenvalue weighted by Crippen LogP contribution is -2.35. The normalized spacial score (nSPS) is 19.2. The molecule has 1 aromatic heterocycles. The molecule has 3 rings (SSSR count). The average molecular weight is 347 g/mol. The summed E-state index contributed by atoms with van der Waals surface area (Å²) in [5, 5.41) is 14.3. The highest BCUT2D eigenvalue weighted by Gasteiger charge is 2.30. The van der Waals surface area contributed by atoms with Crippen LogP contribution in [0, 0.1) is 6.92 Å². The first-order valence-corrected chi connectivity index (χ1v) is 8.59. The molecule has 136 valence electrons. The first-order valence-electron chi connectivity index (χ1n) is 8.59. The topological polar surface area (TPSA) is 80.9 Å². The number of nitrogens with zero attached hydrogens (tertiary/aromatic N) is 3. The van der Waals surface area contributed by atoms with Crippen molar-refractivity contribution < 1.29 is 19.1 Å². The Kier molecular flexibility index (Phi) is 6.01. The number of aliphatic hydroxyl groups excluding tert-OH is 1. The molecule has 1 N–H and O–H groups in total. The number of rotatable bonds is 8. The van der Waals surface area contributed by atoms with E-state index in [-0.39, 0.29) is 12.6 Å². The molecule has 1 aromatic carbocycles. The lowest BCUT2D eigenvalue weighted by Gasteiger charge is -2.24. The molecule has 1 aliphatic heterocycles. The number of aliphatic hydroxyl groups is 1. The van der Waals surface area contributed by atoms with Crippen LogP contribution >= 0.6 is 0 Å². The minimum Gasteiger partial charge on any atom is -0.496 e. The second kappa shape index (κ2) is 8.42. The van der Waals surface area contributed by atoms with E-state index < -0.39 is 6.10 Å². The van der Waals surface area contributed by atoms with Crippen LogP contribution in [0.5, 0.6) is 5.75 Å². The van der Waals surface area contributed by atoms with E-state index in [0.29, 0.717) is 24.9 Å². The van der Waals surface area contributed by atoms with E-state index in [0.717, 1.165) is 30.7 Å². The monoisotopic (exact) mass is 347 g/mol. The smallest absolute Gasteiger partial charge is 0.223 e. The van der Waals surface area contributed by atoms with Gasteiger partial charge in [-0.2, -0.15) is 4.98 Å². The van der Waals surface area contributed by atoms with Crippen LogP contribution in [0.25, 0.3) is 0 Å². The summed E-state index contributed by atoms with van der Waals surface area (Å²) in [7, 11) is 1.64. The molecule has 2 aromatic rings. The second-order valence-corrected chi connectivity index (χ2v) is 6.31. The van der Waals surface area contributed by atoms with E-state index in [2.05, 4.69) is 15.0 Å². The Morgan fingerprint density at radius 2 is 2.24 bits per heavy atom. The summed E-state index contributed by atoms with van der Waals surface area (Å²) in [6, 6.07) is 7.84. The number of aryl methyl sites for hydroxylation is 1. The van der Waals surface area contributed by atoms with Crippen LogP contribution in [0.3, 0.4) is 0 Å². The Labute approximate surface area is 147 Å². The van der Waals surface area contributed by atoms with Gasteiger partial charge in [0.2, 0.25) is 5.89 Å². The van der Waals surface area contributed by atoms with Gasteiger partial charge in [0, 0.05) is 19.0 Å². The molecule has 7 nitrogen and oxygen atoms in total. The van der Waals surface area contributed by atoms with Gasteiger partial charge in [-0.05, 0) is 25.5 Å². The van der Waals surface area contributed by atoms with Crippen molar-refractivity contribution in [2.75, 3.05) is 26.8 Å². The highest BCUT2D eigenvalue weighted by Crippen LogP contribution is 2.30. The molecule has 0 spiro atoms. The van der Waals surface area contributed by atoms with Gasteiger partial charge in [-0.1, -0.05) is 23.4 Å². The van der Waals surface area contributed by atoms with Crippen LogP contribution in [0.15, 0.2) is 28.8 Å². The van der Waals surface area contributed by atoms with Crippen LogP contribution in [0.2, 0.25) is 0 Å². The summed E-state index contributed by atoms with van der Waals surface area (Å²) in [6.45, 7) is 3.92. The van der Waals surface area contributed by atoms with Crippen molar-refractivity contribution in [2.45, 2.75) is 38.5 Å². The number of β-amino-alcohol motifs (C(OH)–C–C–N with tert-alkyl or cyclic N) is 1. The molecular weight excluding hydrogens is 322 g/mol. The average Bonchev–Trinajstić information content (AvgIpc) is 3.24. The molecule has 0 radical (unpaired) electrons. The molecule has 1 fully saturated rings. The molecule has 0 amide bonds. The van der Waals surface area contributed by atoms with E-state index in [4.69, 9.17) is 14.0 Å². The van der Waals surface area contributed by atoms with E-state index in [1.165, 1.54) is 0 Å². The lowest BCUT2D eigenvalue weighted by atomic mass is 10.2. The molecule has 0 bridgehead atoms. The van der Waals surface area contributed by atoms with Gasteiger partial charge >= 0.3 is 0 Å². The van der Waals surface area contributed by atoms with Crippen molar-refractivity contribution >= 4 is 0 Å². The van der Waals surface area contributed by atoms with Crippen LogP contribution < -0.4 is 4.74 Å². The number of para-hydroxylation sites is 1. The maximum Gasteiger partial charge on any atom is 0.223 e. The van der Waals surface area contributed by atoms with Gasteiger partial charge in [0.25, 0.3) is 0 Å². The lowest BCUT2D eigenvalue weighted by molar-refractivity contribution is 0.00664. The van der Waals surface area contributed by atoms with Gasteiger partial charge in [0.1, 0.15) is 5.75 Å². The number of methoxy groups -OCH3 is 1. The molecule has 2 heterocycles. The van der Waals surface area contributed by atoms with Crippen LogP contribution in [0.1, 0.15) is 36.2 Å². The van der Waals surface area contributed by atoms with E-state index in [1.54, 1.807) is 14.0 Å². The first kappa shape index (κ1) is 17.8. The molecule has 1 aliphatic rings. The molecule has 25 heavy (non-hydrogen) atoms. The summed E-state index contributed by atoms with van der Waals surface area (Å²) in [5.74, 6) is 2.07. The molecule has 2 atom stereocenters. The zero-order valence-electron chi connectivity index (χ0n) is 14.7. The van der Waals surface area contributed by atoms with Crippen LogP contribution in [0.4, 0.5) is 0 Å². The van der Waals surface area contributed by atoms with Gasteiger partial charge in [0.15, 0.2) is 5.82 Å². The molecule has 1 saturated heterocycles. The summed E-state index contributed by atoms with van der Waals surface area (Å²) < 4.78 is 16.1. The Hall–Kier alpha value is -1.96. The Morgan fingerprint density at radius 3 is 3.00 bits per heavy atom. The third-order valence-electron chi connectivity index (χ3n) is 4.41. The van der Waals surface area contributed by atoms with Gasteiger partial charge in [-0.3, -0.25) is 4.90 Å². The first-order chi connectivity index (χ1) is 12.2. The number of ether oxygens (including phenoxy) is 2. The number of hydrogen-bond acceptors (Lipinski definition) is 7. The third-order valence-corrected chi connectivity index (χ3v) is 4.41. The minimum atomic E-state index is -0.566. The molecule has 0 unspecified atom stereocenters. The number of benzene rings is 1. The van der Waals surface area contributed by atoms with E-state index >= 15 is 0 Å². The van der Waals surface area contributed by atoms with E-state index in [9.17, 15) is 5.11 Å². The largest absolute Gasteiger partial charge is 0.496 e. The van der Waals surface area contributed by atoms with Crippen molar-refractivity contribution in [3.05, 3.63) is 41.5 Å². The summed E-state index contributed by atoms with van der Waals surface area (Å²) in [6.07, 6.45) is 1.48. The van der Waals surface area contributed by atoms with Crippen molar-refractivity contribution in [2.24, 2.45) is 0 Å². The quantitative estimate of drug-likeness (QED) is 0.783. The predicted molar refractivity (Wildman–Crippen MR) is 91.2 cm³/mol. The van der Waals surface area contributed by atoms with Crippen molar-refractivity contribution in [1.29, 1.82) is 0 Å². The maximum atomic E-state index is 10.3. The van der Waals surface area contributed by atoms with Gasteiger partial charge < -0.3 is 19.1 Å². The summed E-state index contributed by atoms with van der Waals surface area (Å²) >= 11 is 0. The SMILES string of the molecule is COc1ccccc1COC[C@H](O)CN1CCC[C@@H]1c1noc(C)n1. The van der Waals surface area contributed by atoms with Crippen molar-refractivity contribution in [3.8, 4) is 5.75 Å². The number of likely N-dealkylation sites (tertiary alicyclic amines) is 1. The Morgan fingerprint density at radius 1 is 1.40 bits per heavy atom. The summed E-state index contributed by atoms with van der Waals surface area (Å²) in [4.78, 5) is 6.52. The van der Waals surface area contributed by atoms with E-state index in [1.807, 2.05) is 24.3 Å². The fraction of sp³-hybridized carbons (Fsp3) is 0.556. The standard InChI is InChI=1S/C18H25N3O4/c1-13-19-18(20-25-13)16-7-5-9-21(16)10-15(22)12-24-11-14-6-3-4-8-17(14)23-2/h3-4,6,8,15-16,22H,5,7,9-12H2,1-2H3/t15-,16-/m1/s1. The Bertz CT molecular complexity index is 676. The van der Waals surface area contributed by atoms with Gasteiger partial charge in [-0.25, -0.2) is 0 Å². The third kappa shape index (κ3) is 4.56. The zero-order valence-corrected chi connectivity index (χ0v) is 14.7. The second-order valence-electron chi connectivity index (χ2n) is 6.31. The van der Waals surface area contributed by atoms with Crippen LogP contribution in [-0.2, 0) is 11.3 Å². The molecule has 7 heteroatoms.